The van der Waals surface area contributed by atoms with Gasteiger partial charge >= 0.3 is 0 Å². The van der Waals surface area contributed by atoms with E-state index in [9.17, 15) is 0 Å². The van der Waals surface area contributed by atoms with Crippen molar-refractivity contribution in [1.82, 2.24) is 9.97 Å². The highest BCUT2D eigenvalue weighted by Crippen LogP contribution is 2.12. The number of aromatic nitrogens is 2. The maximum absolute atomic E-state index is 5.42. The summed E-state index contributed by atoms with van der Waals surface area (Å²) in [6.07, 6.45) is 0.733. The highest BCUT2D eigenvalue weighted by atomic mass is 16.5. The molecule has 3 N–H and O–H groups in total. The van der Waals surface area contributed by atoms with Crippen LogP contribution in [0.3, 0.4) is 0 Å². The second-order valence-electron chi connectivity index (χ2n) is 3.05. The quantitative estimate of drug-likeness (QED) is 0.405. The van der Waals surface area contributed by atoms with Crippen LogP contribution in [0.25, 0.3) is 0 Å². The molecule has 16 heavy (non-hydrogen) atoms. The van der Waals surface area contributed by atoms with Crippen molar-refractivity contribution in [2.45, 2.75) is 20.3 Å². The van der Waals surface area contributed by atoms with E-state index in [-0.39, 0.29) is 0 Å². The first-order valence-electron chi connectivity index (χ1n) is 5.35. The Hall–Kier alpha value is -1.40. The summed E-state index contributed by atoms with van der Waals surface area (Å²) < 4.78 is 10.6. The molecule has 0 aliphatic carbocycles. The number of aryl methyl sites for hydroxylation is 1. The molecule has 0 aliphatic rings. The minimum absolute atomic E-state index is 0.470. The van der Waals surface area contributed by atoms with Gasteiger partial charge in [0.05, 0.1) is 6.61 Å². The fraction of sp³-hybridized carbons (Fsp3) is 0.600. The molecule has 0 saturated heterocycles. The number of nitrogens with two attached hydrogens (primary N) is 1. The third kappa shape index (κ3) is 4.00. The van der Waals surface area contributed by atoms with Gasteiger partial charge in [-0.2, -0.15) is 4.98 Å². The first kappa shape index (κ1) is 12.7. The van der Waals surface area contributed by atoms with Gasteiger partial charge in [-0.3, -0.25) is 0 Å². The Morgan fingerprint density at radius 3 is 2.75 bits per heavy atom. The molecule has 1 aromatic rings. The smallest absolute Gasteiger partial charge is 0.218 e. The van der Waals surface area contributed by atoms with E-state index in [1.54, 1.807) is 6.07 Å². The molecule has 0 amide bonds. The topological polar surface area (TPSA) is 82.3 Å². The first-order chi connectivity index (χ1) is 7.80. The van der Waals surface area contributed by atoms with Crippen molar-refractivity contribution in [2.24, 2.45) is 5.84 Å². The average molecular weight is 226 g/mol. The number of rotatable bonds is 7. The zero-order chi connectivity index (χ0) is 11.8. The molecule has 1 aromatic heterocycles. The van der Waals surface area contributed by atoms with Gasteiger partial charge in [0.2, 0.25) is 5.88 Å². The zero-order valence-corrected chi connectivity index (χ0v) is 9.69. The molecule has 0 radical (unpaired) electrons. The van der Waals surface area contributed by atoms with Crippen molar-refractivity contribution in [2.75, 3.05) is 25.2 Å². The van der Waals surface area contributed by atoms with E-state index in [2.05, 4.69) is 15.4 Å². The van der Waals surface area contributed by atoms with Gasteiger partial charge in [-0.05, 0) is 6.92 Å². The van der Waals surface area contributed by atoms with Crippen LogP contribution in [-0.4, -0.2) is 29.8 Å². The van der Waals surface area contributed by atoms with Crippen molar-refractivity contribution in [1.29, 1.82) is 0 Å². The van der Waals surface area contributed by atoms with Gasteiger partial charge in [-0.1, -0.05) is 6.92 Å². The Bertz CT molecular complexity index is 297. The van der Waals surface area contributed by atoms with Gasteiger partial charge in [0.15, 0.2) is 0 Å². The molecule has 0 saturated carbocycles. The predicted molar refractivity (Wildman–Crippen MR) is 61.2 cm³/mol. The Labute approximate surface area is 95.1 Å². The standard InChI is InChI=1S/C10H18N4O2/c1-3-8-12-9(14-11)7-10(13-8)16-6-5-15-4-2/h7H,3-6,11H2,1-2H3,(H,12,13,14). The van der Waals surface area contributed by atoms with E-state index in [0.29, 0.717) is 37.3 Å². The van der Waals surface area contributed by atoms with E-state index in [4.69, 9.17) is 15.3 Å². The van der Waals surface area contributed by atoms with Gasteiger partial charge < -0.3 is 14.9 Å². The molecule has 1 heterocycles. The summed E-state index contributed by atoms with van der Waals surface area (Å²) in [5, 5.41) is 0. The molecule has 6 heteroatoms. The first-order valence-corrected chi connectivity index (χ1v) is 5.35. The second-order valence-corrected chi connectivity index (χ2v) is 3.05. The fourth-order valence-corrected chi connectivity index (χ4v) is 1.13. The van der Waals surface area contributed by atoms with E-state index >= 15 is 0 Å². The minimum atomic E-state index is 0.470. The van der Waals surface area contributed by atoms with Gasteiger partial charge in [-0.15, -0.1) is 0 Å². The molecular formula is C10H18N4O2. The fourth-order valence-electron chi connectivity index (χ4n) is 1.13. The van der Waals surface area contributed by atoms with Crippen molar-refractivity contribution in [3.05, 3.63) is 11.9 Å². The number of anilines is 1. The maximum Gasteiger partial charge on any atom is 0.218 e. The van der Waals surface area contributed by atoms with Crippen LogP contribution in [0, 0.1) is 0 Å². The van der Waals surface area contributed by atoms with Crippen LogP contribution < -0.4 is 16.0 Å². The lowest BCUT2D eigenvalue weighted by atomic mass is 10.4. The highest BCUT2D eigenvalue weighted by Gasteiger charge is 2.03. The van der Waals surface area contributed by atoms with Crippen LogP contribution in [0.2, 0.25) is 0 Å². The molecule has 0 spiro atoms. The van der Waals surface area contributed by atoms with E-state index in [1.807, 2.05) is 13.8 Å². The Morgan fingerprint density at radius 2 is 2.12 bits per heavy atom. The number of hydrazine groups is 1. The zero-order valence-electron chi connectivity index (χ0n) is 9.69. The summed E-state index contributed by atoms with van der Waals surface area (Å²) in [4.78, 5) is 8.37. The third-order valence-corrected chi connectivity index (χ3v) is 1.89. The number of nitrogens with zero attached hydrogens (tertiary/aromatic N) is 2. The maximum atomic E-state index is 5.42. The van der Waals surface area contributed by atoms with Crippen molar-refractivity contribution in [3.8, 4) is 5.88 Å². The van der Waals surface area contributed by atoms with E-state index in [1.165, 1.54) is 0 Å². The van der Waals surface area contributed by atoms with Crippen molar-refractivity contribution in [3.63, 3.8) is 0 Å². The molecule has 0 fully saturated rings. The molecule has 0 atom stereocenters. The number of nitrogens with one attached hydrogen (secondary N) is 1. The lowest BCUT2D eigenvalue weighted by Crippen LogP contribution is -2.12. The van der Waals surface area contributed by atoms with E-state index < -0.39 is 0 Å². The molecule has 0 bridgehead atoms. The Morgan fingerprint density at radius 1 is 1.31 bits per heavy atom. The normalized spacial score (nSPS) is 10.2. The number of nitrogen functional groups attached to an aromatic ring is 1. The number of hydrogen-bond acceptors (Lipinski definition) is 6. The minimum Gasteiger partial charge on any atom is -0.475 e. The summed E-state index contributed by atoms with van der Waals surface area (Å²) in [5.41, 5.74) is 2.48. The summed E-state index contributed by atoms with van der Waals surface area (Å²) in [6.45, 7) is 5.62. The summed E-state index contributed by atoms with van der Waals surface area (Å²) >= 11 is 0. The molecule has 90 valence electrons. The largest absolute Gasteiger partial charge is 0.475 e. The lowest BCUT2D eigenvalue weighted by Gasteiger charge is -2.08. The molecular weight excluding hydrogens is 208 g/mol. The average Bonchev–Trinajstić information content (AvgIpc) is 2.34. The molecule has 6 nitrogen and oxygen atoms in total. The number of hydrogen-bond donors (Lipinski definition) is 2. The van der Waals surface area contributed by atoms with Crippen LogP contribution in [0.1, 0.15) is 19.7 Å². The highest BCUT2D eigenvalue weighted by molar-refractivity contribution is 5.36. The molecule has 0 aliphatic heterocycles. The van der Waals surface area contributed by atoms with Crippen LogP contribution >= 0.6 is 0 Å². The van der Waals surface area contributed by atoms with Crippen LogP contribution in [0.15, 0.2) is 6.07 Å². The van der Waals surface area contributed by atoms with E-state index in [0.717, 1.165) is 6.42 Å². The van der Waals surface area contributed by atoms with Gasteiger partial charge in [0.1, 0.15) is 18.2 Å². The van der Waals surface area contributed by atoms with Crippen molar-refractivity contribution < 1.29 is 9.47 Å². The van der Waals surface area contributed by atoms with Gasteiger partial charge in [-0.25, -0.2) is 10.8 Å². The summed E-state index contributed by atoms with van der Waals surface area (Å²) in [5.74, 6) is 7.06. The van der Waals surface area contributed by atoms with Gasteiger partial charge in [0, 0.05) is 19.1 Å². The second kappa shape index (κ2) is 6.97. The molecule has 0 unspecified atom stereocenters. The van der Waals surface area contributed by atoms with Crippen LogP contribution in [0.5, 0.6) is 5.88 Å². The summed E-state index contributed by atoms with van der Waals surface area (Å²) in [7, 11) is 0. The third-order valence-electron chi connectivity index (χ3n) is 1.89. The number of ether oxygens (including phenoxy) is 2. The Kier molecular flexibility index (Phi) is 5.52. The SMILES string of the molecule is CCOCCOc1cc(NN)nc(CC)n1. The van der Waals surface area contributed by atoms with Crippen molar-refractivity contribution >= 4 is 5.82 Å². The lowest BCUT2D eigenvalue weighted by molar-refractivity contribution is 0.108. The predicted octanol–water partition coefficient (Wildman–Crippen LogP) is 0.740. The molecule has 1 rings (SSSR count). The monoisotopic (exact) mass is 226 g/mol. The van der Waals surface area contributed by atoms with Crippen LogP contribution in [0.4, 0.5) is 5.82 Å². The van der Waals surface area contributed by atoms with Gasteiger partial charge in [0.25, 0.3) is 0 Å². The summed E-state index contributed by atoms with van der Waals surface area (Å²) in [6, 6.07) is 1.66. The van der Waals surface area contributed by atoms with Crippen LogP contribution in [-0.2, 0) is 11.2 Å². The molecule has 0 aromatic carbocycles. The Balaban J connectivity index is 2.57.